The topological polar surface area (TPSA) is 49.4 Å². The van der Waals surface area contributed by atoms with Gasteiger partial charge in [-0.1, -0.05) is 0 Å². The summed E-state index contributed by atoms with van der Waals surface area (Å²) in [7, 11) is 0. The smallest absolute Gasteiger partial charge is 0.336 e. The molecule has 0 aromatic heterocycles. The zero-order valence-electron chi connectivity index (χ0n) is 11.1. The van der Waals surface area contributed by atoms with Crippen LogP contribution >= 0.6 is 11.8 Å². The molecule has 20 heavy (non-hydrogen) atoms. The van der Waals surface area contributed by atoms with E-state index in [4.69, 9.17) is 0 Å². The number of halogens is 3. The molecule has 2 rings (SSSR count). The minimum atomic E-state index is -4.95. The Hall–Kier alpha value is -0.920. The number of alkyl halides is 3. The maximum absolute atomic E-state index is 12.4. The van der Waals surface area contributed by atoms with Crippen molar-refractivity contribution in [1.29, 1.82) is 0 Å². The van der Waals surface area contributed by atoms with Crippen LogP contribution in [-0.2, 0) is 9.59 Å². The van der Waals surface area contributed by atoms with Crippen molar-refractivity contribution in [2.45, 2.75) is 56.2 Å². The molecule has 2 unspecified atom stereocenters. The Balaban J connectivity index is 2.11. The van der Waals surface area contributed by atoms with Crippen LogP contribution in [0.5, 0.6) is 0 Å². The highest BCUT2D eigenvalue weighted by atomic mass is 32.2. The Labute approximate surface area is 119 Å². The van der Waals surface area contributed by atoms with Gasteiger partial charge in [-0.05, 0) is 38.4 Å². The highest BCUT2D eigenvalue weighted by Crippen LogP contribution is 2.34. The number of rotatable bonds is 1. The van der Waals surface area contributed by atoms with E-state index >= 15 is 0 Å². The Bertz CT molecular complexity index is 403. The number of hydrogen-bond donors (Lipinski definition) is 1. The van der Waals surface area contributed by atoms with Crippen LogP contribution in [0.2, 0.25) is 0 Å². The quantitative estimate of drug-likeness (QED) is 0.805. The average molecular weight is 310 g/mol. The fourth-order valence-electron chi connectivity index (χ4n) is 2.67. The number of piperidine rings is 1. The standard InChI is InChI=1S/C12H17F3N2O2S/c1-7-3-2-4-9-17(7)10(18)8(5-6-20-9)16-11(19)12(13,14)15/h7-9H,2-6H2,1H3,(H,16,19)/t7-,8?,9?/m1/s1. The lowest BCUT2D eigenvalue weighted by atomic mass is 10.0. The Kier molecular flexibility index (Phi) is 4.51. The summed E-state index contributed by atoms with van der Waals surface area (Å²) in [6.45, 7) is 1.90. The van der Waals surface area contributed by atoms with Gasteiger partial charge in [0.2, 0.25) is 5.91 Å². The predicted molar refractivity (Wildman–Crippen MR) is 69.0 cm³/mol. The Morgan fingerprint density at radius 2 is 2.05 bits per heavy atom. The van der Waals surface area contributed by atoms with Crippen molar-refractivity contribution in [2.24, 2.45) is 0 Å². The van der Waals surface area contributed by atoms with Crippen LogP contribution in [-0.4, -0.2) is 46.1 Å². The summed E-state index contributed by atoms with van der Waals surface area (Å²) in [5.41, 5.74) is 0. The van der Waals surface area contributed by atoms with Gasteiger partial charge in [-0.2, -0.15) is 13.2 Å². The second-order valence-corrected chi connectivity index (χ2v) is 6.45. The predicted octanol–water partition coefficient (Wildman–Crippen LogP) is 1.90. The normalized spacial score (nSPS) is 31.5. The van der Waals surface area contributed by atoms with Gasteiger partial charge in [0, 0.05) is 6.04 Å². The molecule has 114 valence electrons. The second-order valence-electron chi connectivity index (χ2n) is 5.16. The van der Waals surface area contributed by atoms with Crippen molar-refractivity contribution in [2.75, 3.05) is 5.75 Å². The summed E-state index contributed by atoms with van der Waals surface area (Å²) < 4.78 is 36.9. The lowest BCUT2D eigenvalue weighted by Crippen LogP contribution is -2.55. The van der Waals surface area contributed by atoms with E-state index in [-0.39, 0.29) is 23.7 Å². The number of nitrogens with zero attached hydrogens (tertiary/aromatic N) is 1. The molecule has 0 saturated carbocycles. The van der Waals surface area contributed by atoms with Crippen LogP contribution in [0.15, 0.2) is 0 Å². The summed E-state index contributed by atoms with van der Waals surface area (Å²) in [6, 6.07) is -1.06. The van der Waals surface area contributed by atoms with Gasteiger partial charge in [0.05, 0.1) is 5.37 Å². The van der Waals surface area contributed by atoms with E-state index in [1.165, 1.54) is 0 Å². The number of thioether (sulfide) groups is 1. The molecule has 0 spiro atoms. The van der Waals surface area contributed by atoms with Gasteiger partial charge in [0.25, 0.3) is 0 Å². The van der Waals surface area contributed by atoms with Crippen LogP contribution in [0, 0.1) is 0 Å². The van der Waals surface area contributed by atoms with E-state index in [9.17, 15) is 22.8 Å². The fraction of sp³-hybridized carbons (Fsp3) is 0.833. The van der Waals surface area contributed by atoms with Gasteiger partial charge in [-0.3, -0.25) is 9.59 Å². The molecule has 3 atom stereocenters. The third kappa shape index (κ3) is 3.21. The minimum Gasteiger partial charge on any atom is -0.336 e. The molecule has 1 N–H and O–H groups in total. The van der Waals surface area contributed by atoms with Crippen molar-refractivity contribution >= 4 is 23.6 Å². The van der Waals surface area contributed by atoms with Gasteiger partial charge >= 0.3 is 12.1 Å². The summed E-state index contributed by atoms with van der Waals surface area (Å²) in [4.78, 5) is 25.1. The van der Waals surface area contributed by atoms with E-state index in [1.807, 2.05) is 12.2 Å². The van der Waals surface area contributed by atoms with Crippen molar-refractivity contribution in [3.63, 3.8) is 0 Å². The van der Waals surface area contributed by atoms with Crippen LogP contribution in [0.1, 0.15) is 32.6 Å². The zero-order valence-corrected chi connectivity index (χ0v) is 11.9. The molecule has 0 aromatic carbocycles. The molecule has 2 aliphatic heterocycles. The highest BCUT2D eigenvalue weighted by Gasteiger charge is 2.44. The molecule has 0 aromatic rings. The van der Waals surface area contributed by atoms with Crippen molar-refractivity contribution in [1.82, 2.24) is 10.2 Å². The summed E-state index contributed by atoms with van der Waals surface area (Å²) >= 11 is 1.59. The van der Waals surface area contributed by atoms with Gasteiger partial charge in [0.15, 0.2) is 0 Å². The molecular weight excluding hydrogens is 293 g/mol. The van der Waals surface area contributed by atoms with Crippen LogP contribution < -0.4 is 5.32 Å². The number of fused-ring (bicyclic) bond motifs is 1. The molecule has 2 heterocycles. The van der Waals surface area contributed by atoms with Crippen LogP contribution in [0.25, 0.3) is 0 Å². The average Bonchev–Trinajstić information content (AvgIpc) is 2.50. The maximum atomic E-state index is 12.4. The largest absolute Gasteiger partial charge is 0.471 e. The lowest BCUT2D eigenvalue weighted by molar-refractivity contribution is -0.175. The second kappa shape index (κ2) is 5.83. The monoisotopic (exact) mass is 310 g/mol. The maximum Gasteiger partial charge on any atom is 0.471 e. The molecule has 2 fully saturated rings. The third-order valence-corrected chi connectivity index (χ3v) is 5.01. The van der Waals surface area contributed by atoms with Crippen molar-refractivity contribution in [3.8, 4) is 0 Å². The first-order valence-electron chi connectivity index (χ1n) is 6.62. The van der Waals surface area contributed by atoms with Gasteiger partial charge in [-0.25, -0.2) is 0 Å². The van der Waals surface area contributed by atoms with Gasteiger partial charge in [-0.15, -0.1) is 11.8 Å². The van der Waals surface area contributed by atoms with Crippen LogP contribution in [0.4, 0.5) is 13.2 Å². The summed E-state index contributed by atoms with van der Waals surface area (Å²) in [5.74, 6) is -1.85. The van der Waals surface area contributed by atoms with Crippen molar-refractivity contribution in [3.05, 3.63) is 0 Å². The first-order valence-corrected chi connectivity index (χ1v) is 7.67. The first kappa shape index (κ1) is 15.5. The molecule has 2 aliphatic rings. The molecular formula is C12H17F3N2O2S. The molecule has 2 amide bonds. The van der Waals surface area contributed by atoms with Crippen LogP contribution in [0.3, 0.4) is 0 Å². The van der Waals surface area contributed by atoms with E-state index < -0.39 is 18.1 Å². The number of amides is 2. The fourth-order valence-corrected chi connectivity index (χ4v) is 4.12. The van der Waals surface area contributed by atoms with Crippen molar-refractivity contribution < 1.29 is 22.8 Å². The lowest BCUT2D eigenvalue weighted by Gasteiger charge is -2.40. The van der Waals surface area contributed by atoms with E-state index in [0.29, 0.717) is 5.75 Å². The molecule has 4 nitrogen and oxygen atoms in total. The number of carbonyl (C=O) groups is 2. The number of carbonyl (C=O) groups excluding carboxylic acids is 2. The van der Waals surface area contributed by atoms with E-state index in [1.54, 1.807) is 16.7 Å². The van der Waals surface area contributed by atoms with Gasteiger partial charge in [0.1, 0.15) is 6.04 Å². The molecule has 0 aliphatic carbocycles. The zero-order chi connectivity index (χ0) is 14.9. The van der Waals surface area contributed by atoms with E-state index in [2.05, 4.69) is 0 Å². The highest BCUT2D eigenvalue weighted by molar-refractivity contribution is 7.99. The molecule has 0 radical (unpaired) electrons. The van der Waals surface area contributed by atoms with Gasteiger partial charge < -0.3 is 10.2 Å². The Morgan fingerprint density at radius 1 is 1.35 bits per heavy atom. The SMILES string of the molecule is C[C@@H]1CCCC2SCCC(NC(=O)C(F)(F)F)C(=O)N21. The molecule has 8 heteroatoms. The molecule has 0 bridgehead atoms. The first-order chi connectivity index (χ1) is 9.30. The molecule has 2 saturated heterocycles. The number of hydrogen-bond acceptors (Lipinski definition) is 3. The summed E-state index contributed by atoms with van der Waals surface area (Å²) in [5, 5.41) is 1.86. The van der Waals surface area contributed by atoms with E-state index in [0.717, 1.165) is 19.3 Å². The number of nitrogens with one attached hydrogen (secondary N) is 1. The minimum absolute atomic E-state index is 0.0112. The summed E-state index contributed by atoms with van der Waals surface area (Å²) in [6.07, 6.45) is -1.98. The third-order valence-electron chi connectivity index (χ3n) is 3.69. The Morgan fingerprint density at radius 3 is 2.70 bits per heavy atom.